The molecule has 0 spiro atoms. The molecule has 19 heavy (non-hydrogen) atoms. The molecular weight excluding hydrogens is 310 g/mol. The zero-order valence-corrected chi connectivity index (χ0v) is 12.6. The number of aromatic nitrogens is 1. The Morgan fingerprint density at radius 1 is 1.47 bits per heavy atom. The van der Waals surface area contributed by atoms with Gasteiger partial charge < -0.3 is 9.15 Å². The third-order valence-electron chi connectivity index (χ3n) is 3.89. The van der Waals surface area contributed by atoms with Gasteiger partial charge in [0.15, 0.2) is 5.58 Å². The van der Waals surface area contributed by atoms with Crippen molar-refractivity contribution in [1.82, 2.24) is 4.57 Å². The van der Waals surface area contributed by atoms with Crippen molar-refractivity contribution in [2.45, 2.75) is 30.2 Å². The van der Waals surface area contributed by atoms with E-state index in [1.165, 1.54) is 4.57 Å². The Balaban J connectivity index is 2.03. The molecule has 1 aromatic carbocycles. The van der Waals surface area contributed by atoms with E-state index in [1.54, 1.807) is 7.05 Å². The van der Waals surface area contributed by atoms with Gasteiger partial charge >= 0.3 is 5.76 Å². The van der Waals surface area contributed by atoms with Crippen LogP contribution in [0.25, 0.3) is 11.1 Å². The van der Waals surface area contributed by atoms with Crippen molar-refractivity contribution < 1.29 is 9.15 Å². The zero-order valence-electron chi connectivity index (χ0n) is 11.0. The van der Waals surface area contributed by atoms with Gasteiger partial charge in [0.25, 0.3) is 0 Å². The Labute approximate surface area is 119 Å². The van der Waals surface area contributed by atoms with E-state index in [4.69, 9.17) is 9.15 Å². The Morgan fingerprint density at radius 3 is 2.95 bits per heavy atom. The lowest BCUT2D eigenvalue weighted by Gasteiger charge is -2.29. The summed E-state index contributed by atoms with van der Waals surface area (Å²) in [7, 11) is 1.71. The van der Waals surface area contributed by atoms with Crippen LogP contribution in [0, 0.1) is 0 Å². The molecule has 0 bridgehead atoms. The lowest BCUT2D eigenvalue weighted by atomic mass is 9.93. The Morgan fingerprint density at radius 2 is 2.26 bits per heavy atom. The highest BCUT2D eigenvalue weighted by Crippen LogP contribution is 2.43. The van der Waals surface area contributed by atoms with E-state index < -0.39 is 0 Å². The number of halogens is 1. The van der Waals surface area contributed by atoms with Gasteiger partial charge in [-0.05, 0) is 37.5 Å². The van der Waals surface area contributed by atoms with Crippen LogP contribution in [0.5, 0.6) is 0 Å². The number of alkyl halides is 1. The lowest BCUT2D eigenvalue weighted by Crippen LogP contribution is -2.28. The Hall–Kier alpha value is -1.07. The van der Waals surface area contributed by atoms with E-state index in [-0.39, 0.29) is 16.2 Å². The van der Waals surface area contributed by atoms with Crippen molar-refractivity contribution in [2.24, 2.45) is 7.05 Å². The molecule has 2 unspecified atom stereocenters. The minimum atomic E-state index is -0.332. The molecule has 1 aromatic heterocycles. The number of fused-ring (bicyclic) bond motifs is 1. The first kappa shape index (κ1) is 12.9. The van der Waals surface area contributed by atoms with Gasteiger partial charge in [0.1, 0.15) is 0 Å². The summed E-state index contributed by atoms with van der Waals surface area (Å²) < 4.78 is 12.6. The summed E-state index contributed by atoms with van der Waals surface area (Å²) >= 11 is 3.73. The van der Waals surface area contributed by atoms with Crippen LogP contribution in [-0.2, 0) is 11.8 Å². The topological polar surface area (TPSA) is 44.4 Å². The molecule has 1 aliphatic heterocycles. The lowest BCUT2D eigenvalue weighted by molar-refractivity contribution is 0.0198. The van der Waals surface area contributed by atoms with Crippen LogP contribution in [0.15, 0.2) is 27.4 Å². The van der Waals surface area contributed by atoms with Crippen LogP contribution in [0.4, 0.5) is 0 Å². The molecule has 2 heterocycles. The molecule has 0 saturated carbocycles. The molecular formula is C14H16BrNO3. The van der Waals surface area contributed by atoms with Crippen molar-refractivity contribution in [1.29, 1.82) is 0 Å². The summed E-state index contributed by atoms with van der Waals surface area (Å²) in [6.07, 6.45) is 2.11. The second-order valence-corrected chi connectivity index (χ2v) is 6.20. The summed E-state index contributed by atoms with van der Waals surface area (Å²) in [4.78, 5) is 11.6. The maximum atomic E-state index is 11.5. The first-order chi connectivity index (χ1) is 9.01. The Kier molecular flexibility index (Phi) is 3.06. The smallest absolute Gasteiger partial charge is 0.408 e. The number of hydrogen-bond donors (Lipinski definition) is 0. The van der Waals surface area contributed by atoms with Crippen LogP contribution < -0.4 is 5.76 Å². The average molecular weight is 326 g/mol. The molecule has 1 fully saturated rings. The second-order valence-electron chi connectivity index (χ2n) is 5.28. The van der Waals surface area contributed by atoms with E-state index in [2.05, 4.69) is 22.9 Å². The second kappa shape index (κ2) is 4.49. The summed E-state index contributed by atoms with van der Waals surface area (Å²) in [5.41, 5.74) is 2.32. The number of ether oxygens (including phenoxy) is 1. The normalized spacial score (nSPS) is 25.0. The quantitative estimate of drug-likeness (QED) is 0.797. The van der Waals surface area contributed by atoms with Crippen LogP contribution in [0.2, 0.25) is 0 Å². The summed E-state index contributed by atoms with van der Waals surface area (Å²) in [5.74, 6) is -0.332. The fraction of sp³-hybridized carbons (Fsp3) is 0.500. The molecule has 5 heteroatoms. The van der Waals surface area contributed by atoms with Crippen LogP contribution >= 0.6 is 15.9 Å². The van der Waals surface area contributed by atoms with E-state index in [0.717, 1.165) is 30.5 Å². The molecule has 1 saturated heterocycles. The molecule has 4 nitrogen and oxygen atoms in total. The molecule has 0 N–H and O–H groups in total. The van der Waals surface area contributed by atoms with E-state index in [1.807, 2.05) is 18.2 Å². The van der Waals surface area contributed by atoms with Gasteiger partial charge in [0.05, 0.1) is 15.9 Å². The van der Waals surface area contributed by atoms with Crippen molar-refractivity contribution in [3.8, 4) is 0 Å². The largest absolute Gasteiger partial charge is 0.419 e. The van der Waals surface area contributed by atoms with Crippen LogP contribution in [0.3, 0.4) is 0 Å². The van der Waals surface area contributed by atoms with Gasteiger partial charge in [-0.2, -0.15) is 0 Å². The number of hydrogen-bond acceptors (Lipinski definition) is 3. The maximum absolute atomic E-state index is 11.5. The third-order valence-corrected chi connectivity index (χ3v) is 5.39. The van der Waals surface area contributed by atoms with Crippen molar-refractivity contribution in [3.63, 3.8) is 0 Å². The van der Waals surface area contributed by atoms with E-state index in [9.17, 15) is 4.79 Å². The van der Waals surface area contributed by atoms with Crippen molar-refractivity contribution in [3.05, 3.63) is 34.3 Å². The number of aryl methyl sites for hydroxylation is 1. The first-order valence-electron chi connectivity index (χ1n) is 6.39. The van der Waals surface area contributed by atoms with Gasteiger partial charge in [-0.1, -0.05) is 22.0 Å². The highest BCUT2D eigenvalue weighted by Gasteiger charge is 2.38. The summed E-state index contributed by atoms with van der Waals surface area (Å²) in [6.45, 7) is 2.92. The van der Waals surface area contributed by atoms with Crippen LogP contribution in [0.1, 0.15) is 30.2 Å². The molecule has 102 valence electrons. The SMILES string of the molecule is Cn1c(=O)oc2cc(C(Br)C3(C)CCCO3)ccc21. The number of nitrogens with zero attached hydrogens (tertiary/aromatic N) is 1. The monoisotopic (exact) mass is 325 g/mol. The fourth-order valence-electron chi connectivity index (χ4n) is 2.66. The number of benzene rings is 1. The van der Waals surface area contributed by atoms with Crippen LogP contribution in [-0.4, -0.2) is 16.8 Å². The number of rotatable bonds is 2. The van der Waals surface area contributed by atoms with Gasteiger partial charge in [0, 0.05) is 13.7 Å². The molecule has 0 amide bonds. The summed E-state index contributed by atoms with van der Waals surface area (Å²) in [5, 5.41) is 0. The molecule has 0 radical (unpaired) electrons. The molecule has 3 rings (SSSR count). The minimum Gasteiger partial charge on any atom is -0.408 e. The van der Waals surface area contributed by atoms with Gasteiger partial charge in [0.2, 0.25) is 0 Å². The number of oxazole rings is 1. The highest BCUT2D eigenvalue weighted by atomic mass is 79.9. The highest BCUT2D eigenvalue weighted by molar-refractivity contribution is 9.09. The standard InChI is InChI=1S/C14H16BrNO3/c1-14(6-3-7-18-14)12(15)9-4-5-10-11(8-9)19-13(17)16(10)2/h4-5,8,12H,3,6-7H2,1-2H3. The predicted molar refractivity (Wildman–Crippen MR) is 76.7 cm³/mol. The summed E-state index contributed by atoms with van der Waals surface area (Å²) in [6, 6.07) is 5.86. The molecule has 1 aliphatic rings. The van der Waals surface area contributed by atoms with Gasteiger partial charge in [-0.25, -0.2) is 4.79 Å². The fourth-order valence-corrected chi connectivity index (χ4v) is 3.31. The van der Waals surface area contributed by atoms with E-state index >= 15 is 0 Å². The molecule has 0 aliphatic carbocycles. The van der Waals surface area contributed by atoms with E-state index in [0.29, 0.717) is 5.58 Å². The minimum absolute atomic E-state index is 0.0948. The van der Waals surface area contributed by atoms with Gasteiger partial charge in [-0.3, -0.25) is 4.57 Å². The predicted octanol–water partition coefficient (Wildman–Crippen LogP) is 3.14. The third kappa shape index (κ3) is 2.05. The average Bonchev–Trinajstić information content (AvgIpc) is 2.95. The van der Waals surface area contributed by atoms with Crippen molar-refractivity contribution >= 4 is 27.0 Å². The molecule has 2 aromatic rings. The first-order valence-corrected chi connectivity index (χ1v) is 7.30. The van der Waals surface area contributed by atoms with Crippen molar-refractivity contribution in [2.75, 3.05) is 6.61 Å². The van der Waals surface area contributed by atoms with Gasteiger partial charge in [-0.15, -0.1) is 0 Å². The zero-order chi connectivity index (χ0) is 13.6. The Bertz CT molecular complexity index is 667. The maximum Gasteiger partial charge on any atom is 0.419 e. The molecule has 2 atom stereocenters.